The maximum Gasteiger partial charge on any atom is 0.246 e. The number of aromatic amines is 1. The van der Waals surface area contributed by atoms with Crippen molar-refractivity contribution in [3.8, 4) is 0 Å². The molecular formula is C40H46N6O6. The van der Waals surface area contributed by atoms with Gasteiger partial charge in [0.05, 0.1) is 12.6 Å². The third-order valence-electron chi connectivity index (χ3n) is 9.79. The van der Waals surface area contributed by atoms with Crippen LogP contribution in [0.4, 0.5) is 0 Å². The molecule has 0 bridgehead atoms. The molecule has 1 aromatic heterocycles. The summed E-state index contributed by atoms with van der Waals surface area (Å²) in [5.74, 6) is -2.41. The second-order valence-electron chi connectivity index (χ2n) is 13.9. The monoisotopic (exact) mass is 706 g/mol. The molecule has 3 heterocycles. The van der Waals surface area contributed by atoms with E-state index >= 15 is 0 Å². The molecule has 5 N–H and O–H groups in total. The first-order valence-corrected chi connectivity index (χ1v) is 17.8. The molecule has 0 saturated carbocycles. The van der Waals surface area contributed by atoms with E-state index in [1.807, 2.05) is 80.6 Å². The van der Waals surface area contributed by atoms with Crippen LogP contribution in [0.25, 0.3) is 10.9 Å². The minimum absolute atomic E-state index is 0.0201. The fourth-order valence-electron chi connectivity index (χ4n) is 7.32. The molecule has 2 fully saturated rings. The maximum atomic E-state index is 14.4. The number of benzene rings is 3. The van der Waals surface area contributed by atoms with Gasteiger partial charge in [-0.1, -0.05) is 77.9 Å². The van der Waals surface area contributed by atoms with Crippen LogP contribution in [0.5, 0.6) is 0 Å². The van der Waals surface area contributed by atoms with Gasteiger partial charge in [0.15, 0.2) is 0 Å². The molecule has 12 nitrogen and oxygen atoms in total. The molecule has 3 aromatic carbocycles. The number of aliphatic hydroxyl groups excluding tert-OH is 1. The maximum absolute atomic E-state index is 14.4. The number of carbonyl (C=O) groups is 5. The first-order chi connectivity index (χ1) is 25.0. The van der Waals surface area contributed by atoms with Crippen molar-refractivity contribution in [1.82, 2.24) is 30.7 Å². The van der Waals surface area contributed by atoms with Crippen LogP contribution >= 0.6 is 0 Å². The summed E-state index contributed by atoms with van der Waals surface area (Å²) < 4.78 is 0. The molecule has 2 saturated heterocycles. The standard InChI is InChI=1S/C40H46N6O6/c1-25-16-26(2)18-28(17-25)12-13-37(49)45-15-14-41-38(50)33(19-27-8-4-3-5-9-27)44-39(51)35-21-30(47)23-46(35)40(52)34(43-36(48)24-45)20-29-22-42-32-11-7-6-10-31(29)32/h3-11,16-18,22,30,33-35,42,47H,12-15,19-21,23-24H2,1-2H3,(H,41,50)(H,43,48)(H,44,51)/t30-,33+,34-,35+/m1/s1. The Kier molecular flexibility index (Phi) is 11.3. The third kappa shape index (κ3) is 8.86. The van der Waals surface area contributed by atoms with Gasteiger partial charge in [-0.3, -0.25) is 24.0 Å². The lowest BCUT2D eigenvalue weighted by molar-refractivity contribution is -0.142. The zero-order valence-electron chi connectivity index (χ0n) is 29.6. The van der Waals surface area contributed by atoms with Gasteiger partial charge in [0, 0.05) is 62.4 Å². The van der Waals surface area contributed by atoms with Crippen LogP contribution in [0.1, 0.15) is 40.7 Å². The van der Waals surface area contributed by atoms with E-state index in [1.165, 1.54) is 9.80 Å². The summed E-state index contributed by atoms with van der Waals surface area (Å²) in [6.45, 7) is 3.63. The molecule has 272 valence electrons. The van der Waals surface area contributed by atoms with Crippen LogP contribution in [-0.4, -0.2) is 99.8 Å². The SMILES string of the molecule is Cc1cc(C)cc(CCC(=O)N2CCNC(=O)[C@H](Cc3ccccc3)NC(=O)[C@@H]3C[C@@H](O)CN3C(=O)[C@@H](Cc3c[nH]c4ccccc34)NC(=O)C2)c1. The fraction of sp³-hybridized carbons (Fsp3) is 0.375. The number of para-hydroxylation sites is 1. The van der Waals surface area contributed by atoms with E-state index in [2.05, 4.69) is 27.0 Å². The molecule has 0 radical (unpaired) electrons. The Hall–Kier alpha value is -5.49. The summed E-state index contributed by atoms with van der Waals surface area (Å²) >= 11 is 0. The number of H-pyrrole nitrogens is 1. The highest BCUT2D eigenvalue weighted by Crippen LogP contribution is 2.24. The summed E-state index contributed by atoms with van der Waals surface area (Å²) in [5, 5.41) is 20.2. The van der Waals surface area contributed by atoms with Crippen LogP contribution in [-0.2, 0) is 43.2 Å². The number of aryl methyl sites for hydroxylation is 3. The number of hydrogen-bond acceptors (Lipinski definition) is 6. The van der Waals surface area contributed by atoms with E-state index in [4.69, 9.17) is 0 Å². The number of rotatable bonds is 7. The van der Waals surface area contributed by atoms with E-state index in [0.29, 0.717) is 6.42 Å². The Morgan fingerprint density at radius 2 is 1.58 bits per heavy atom. The highest BCUT2D eigenvalue weighted by molar-refractivity contribution is 5.96. The summed E-state index contributed by atoms with van der Waals surface area (Å²) in [6, 6.07) is 19.8. The van der Waals surface area contributed by atoms with Crippen molar-refractivity contribution in [2.75, 3.05) is 26.2 Å². The molecule has 4 aromatic rings. The predicted molar refractivity (Wildman–Crippen MR) is 196 cm³/mol. The van der Waals surface area contributed by atoms with Gasteiger partial charge in [-0.15, -0.1) is 0 Å². The number of aromatic nitrogens is 1. The number of hydrogen-bond donors (Lipinski definition) is 5. The van der Waals surface area contributed by atoms with Gasteiger partial charge in [0.25, 0.3) is 0 Å². The molecule has 4 atom stereocenters. The van der Waals surface area contributed by atoms with Crippen molar-refractivity contribution in [1.29, 1.82) is 0 Å². The molecule has 52 heavy (non-hydrogen) atoms. The molecule has 0 unspecified atom stereocenters. The van der Waals surface area contributed by atoms with E-state index in [9.17, 15) is 29.1 Å². The quantitative estimate of drug-likeness (QED) is 0.198. The van der Waals surface area contributed by atoms with Gasteiger partial charge in [-0.2, -0.15) is 0 Å². The van der Waals surface area contributed by atoms with E-state index in [-0.39, 0.29) is 57.8 Å². The molecule has 0 spiro atoms. The first-order valence-electron chi connectivity index (χ1n) is 17.8. The molecular weight excluding hydrogens is 660 g/mol. The van der Waals surface area contributed by atoms with E-state index < -0.39 is 47.9 Å². The molecule has 5 amide bonds. The minimum Gasteiger partial charge on any atom is -0.391 e. The summed E-state index contributed by atoms with van der Waals surface area (Å²) in [5.41, 5.74) is 5.66. The van der Waals surface area contributed by atoms with Crippen LogP contribution in [0.15, 0.2) is 79.0 Å². The molecule has 2 aliphatic rings. The Bertz CT molecular complexity index is 1920. The average Bonchev–Trinajstić information content (AvgIpc) is 3.72. The Labute approximate surface area is 302 Å². The van der Waals surface area contributed by atoms with Crippen molar-refractivity contribution >= 4 is 40.4 Å². The normalized spacial score (nSPS) is 21.9. The highest BCUT2D eigenvalue weighted by atomic mass is 16.3. The van der Waals surface area contributed by atoms with Gasteiger partial charge in [0.2, 0.25) is 29.5 Å². The van der Waals surface area contributed by atoms with Crippen LogP contribution in [0, 0.1) is 13.8 Å². The largest absolute Gasteiger partial charge is 0.391 e. The number of fused-ring (bicyclic) bond motifs is 2. The number of nitrogens with zero attached hydrogens (tertiary/aromatic N) is 2. The summed E-state index contributed by atoms with van der Waals surface area (Å²) in [7, 11) is 0. The number of nitrogens with one attached hydrogen (secondary N) is 4. The predicted octanol–water partition coefficient (Wildman–Crippen LogP) is 2.09. The first kappa shape index (κ1) is 36.3. The van der Waals surface area contributed by atoms with Crippen molar-refractivity contribution in [3.05, 3.63) is 107 Å². The van der Waals surface area contributed by atoms with Crippen LogP contribution in [0.2, 0.25) is 0 Å². The zero-order valence-corrected chi connectivity index (χ0v) is 29.6. The van der Waals surface area contributed by atoms with E-state index in [0.717, 1.165) is 38.7 Å². The smallest absolute Gasteiger partial charge is 0.246 e. The Balaban J connectivity index is 1.30. The Morgan fingerprint density at radius 1 is 0.846 bits per heavy atom. The van der Waals surface area contributed by atoms with E-state index in [1.54, 1.807) is 6.20 Å². The van der Waals surface area contributed by atoms with Gasteiger partial charge >= 0.3 is 0 Å². The van der Waals surface area contributed by atoms with Crippen molar-refractivity contribution in [3.63, 3.8) is 0 Å². The van der Waals surface area contributed by atoms with Crippen LogP contribution in [0.3, 0.4) is 0 Å². The van der Waals surface area contributed by atoms with Crippen molar-refractivity contribution < 1.29 is 29.1 Å². The minimum atomic E-state index is -1.11. The molecule has 12 heteroatoms. The molecule has 2 aliphatic heterocycles. The highest BCUT2D eigenvalue weighted by Gasteiger charge is 2.43. The molecule has 0 aliphatic carbocycles. The average molecular weight is 707 g/mol. The number of amides is 5. The zero-order chi connectivity index (χ0) is 36.8. The fourth-order valence-corrected chi connectivity index (χ4v) is 7.32. The lowest BCUT2D eigenvalue weighted by Gasteiger charge is -2.30. The van der Waals surface area contributed by atoms with Gasteiger partial charge < -0.3 is 35.8 Å². The lowest BCUT2D eigenvalue weighted by atomic mass is 10.0. The topological polar surface area (TPSA) is 164 Å². The van der Waals surface area contributed by atoms with Crippen molar-refractivity contribution in [2.45, 2.75) is 70.2 Å². The summed E-state index contributed by atoms with van der Waals surface area (Å²) in [6.07, 6.45) is 1.69. The molecule has 6 rings (SSSR count). The van der Waals surface area contributed by atoms with Gasteiger partial charge in [-0.05, 0) is 43.0 Å². The lowest BCUT2D eigenvalue weighted by Crippen LogP contribution is -2.57. The number of aliphatic hydroxyl groups is 1. The second kappa shape index (κ2) is 16.2. The van der Waals surface area contributed by atoms with Crippen LogP contribution < -0.4 is 16.0 Å². The van der Waals surface area contributed by atoms with Gasteiger partial charge in [-0.25, -0.2) is 0 Å². The number of carbonyl (C=O) groups excluding carboxylic acids is 5. The van der Waals surface area contributed by atoms with Crippen molar-refractivity contribution in [2.24, 2.45) is 0 Å². The second-order valence-corrected chi connectivity index (χ2v) is 13.9. The Morgan fingerprint density at radius 3 is 2.35 bits per heavy atom. The van der Waals surface area contributed by atoms with Gasteiger partial charge in [0.1, 0.15) is 18.1 Å². The summed E-state index contributed by atoms with van der Waals surface area (Å²) in [4.78, 5) is 75.3. The third-order valence-corrected chi connectivity index (χ3v) is 9.79.